The van der Waals surface area contributed by atoms with Crippen LogP contribution >= 0.6 is 11.3 Å². The van der Waals surface area contributed by atoms with Crippen molar-refractivity contribution in [3.8, 4) is 0 Å². The van der Waals surface area contributed by atoms with E-state index in [1.807, 2.05) is 6.33 Å². The number of fused-ring (bicyclic) bond motifs is 1. The summed E-state index contributed by atoms with van der Waals surface area (Å²) in [5.74, 6) is 0.417. The van der Waals surface area contributed by atoms with Gasteiger partial charge in [-0.05, 0) is 22.4 Å². The first-order chi connectivity index (χ1) is 9.28. The molecule has 0 amide bonds. The van der Waals surface area contributed by atoms with Crippen LogP contribution in [0, 0.1) is 0 Å². The molecule has 0 aliphatic carbocycles. The Hall–Kier alpha value is -1.17. The van der Waals surface area contributed by atoms with Gasteiger partial charge in [0.05, 0.1) is 18.6 Å². The van der Waals surface area contributed by atoms with Gasteiger partial charge in [0.15, 0.2) is 0 Å². The molecule has 2 aromatic heterocycles. The van der Waals surface area contributed by atoms with Crippen molar-refractivity contribution in [2.75, 3.05) is 20.3 Å². The molecule has 0 bridgehead atoms. The Kier molecular flexibility index (Phi) is 3.68. The highest BCUT2D eigenvalue weighted by molar-refractivity contribution is 7.07. The molecule has 1 atom stereocenters. The summed E-state index contributed by atoms with van der Waals surface area (Å²) < 4.78 is 7.52. The predicted molar refractivity (Wildman–Crippen MR) is 76.3 cm³/mol. The van der Waals surface area contributed by atoms with Gasteiger partial charge in [0.2, 0.25) is 0 Å². The number of aryl methyl sites for hydroxylation is 1. The van der Waals surface area contributed by atoms with Gasteiger partial charge in [0.1, 0.15) is 0 Å². The third-order valence-corrected chi connectivity index (χ3v) is 4.39. The Morgan fingerprint density at radius 1 is 1.53 bits per heavy atom. The highest BCUT2D eigenvalue weighted by Gasteiger charge is 2.28. The number of ether oxygens (including phenoxy) is 1. The van der Waals surface area contributed by atoms with Crippen molar-refractivity contribution in [1.29, 1.82) is 0 Å². The van der Waals surface area contributed by atoms with E-state index in [1.54, 1.807) is 18.4 Å². The number of imidazole rings is 1. The van der Waals surface area contributed by atoms with Gasteiger partial charge in [0.25, 0.3) is 0 Å². The van der Waals surface area contributed by atoms with Crippen molar-refractivity contribution >= 4 is 11.3 Å². The SMILES string of the molecule is COCC1CN(Cc2ccsc2)Cc2ncn(C)c21. The lowest BCUT2D eigenvalue weighted by molar-refractivity contribution is 0.132. The average molecular weight is 277 g/mol. The minimum absolute atomic E-state index is 0.417. The van der Waals surface area contributed by atoms with E-state index < -0.39 is 0 Å². The molecular formula is C14H19N3OS. The van der Waals surface area contributed by atoms with E-state index in [2.05, 4.69) is 38.3 Å². The van der Waals surface area contributed by atoms with Crippen molar-refractivity contribution in [3.05, 3.63) is 40.1 Å². The lowest BCUT2D eigenvalue weighted by Crippen LogP contribution is -2.35. The Balaban J connectivity index is 1.80. The smallest absolute Gasteiger partial charge is 0.0949 e. The maximum absolute atomic E-state index is 5.38. The molecule has 3 heterocycles. The highest BCUT2D eigenvalue weighted by atomic mass is 32.1. The number of hydrogen-bond donors (Lipinski definition) is 0. The summed E-state index contributed by atoms with van der Waals surface area (Å²) in [7, 11) is 3.84. The molecule has 1 aliphatic rings. The molecule has 19 heavy (non-hydrogen) atoms. The second-order valence-corrected chi connectivity index (χ2v) is 5.92. The summed E-state index contributed by atoms with van der Waals surface area (Å²) >= 11 is 1.76. The van der Waals surface area contributed by atoms with Crippen LogP contribution in [0.15, 0.2) is 23.2 Å². The van der Waals surface area contributed by atoms with Crippen LogP contribution in [0.4, 0.5) is 0 Å². The van der Waals surface area contributed by atoms with Crippen molar-refractivity contribution in [3.63, 3.8) is 0 Å². The van der Waals surface area contributed by atoms with Crippen molar-refractivity contribution < 1.29 is 4.74 Å². The van der Waals surface area contributed by atoms with Crippen LogP contribution < -0.4 is 0 Å². The second-order valence-electron chi connectivity index (χ2n) is 5.14. The molecular weight excluding hydrogens is 258 g/mol. The van der Waals surface area contributed by atoms with Crippen LogP contribution in [0.3, 0.4) is 0 Å². The van der Waals surface area contributed by atoms with E-state index >= 15 is 0 Å². The summed E-state index contributed by atoms with van der Waals surface area (Å²) in [5, 5.41) is 4.36. The van der Waals surface area contributed by atoms with Crippen LogP contribution in [0.1, 0.15) is 22.9 Å². The molecule has 0 saturated carbocycles. The van der Waals surface area contributed by atoms with Gasteiger partial charge in [-0.2, -0.15) is 11.3 Å². The summed E-state index contributed by atoms with van der Waals surface area (Å²) in [4.78, 5) is 7.00. The standard InChI is InChI=1S/C14H19N3OS/c1-16-10-15-13-7-17(5-11-3-4-19-9-11)6-12(8-18-2)14(13)16/h3-4,9-10,12H,5-8H2,1-2H3. The number of rotatable bonds is 4. The maximum atomic E-state index is 5.38. The van der Waals surface area contributed by atoms with E-state index in [9.17, 15) is 0 Å². The lowest BCUT2D eigenvalue weighted by atomic mass is 9.98. The van der Waals surface area contributed by atoms with Gasteiger partial charge >= 0.3 is 0 Å². The number of hydrogen-bond acceptors (Lipinski definition) is 4. The maximum Gasteiger partial charge on any atom is 0.0949 e. The zero-order valence-electron chi connectivity index (χ0n) is 11.4. The summed E-state index contributed by atoms with van der Waals surface area (Å²) in [6.45, 7) is 3.73. The van der Waals surface area contributed by atoms with Gasteiger partial charge in [-0.1, -0.05) is 0 Å². The van der Waals surface area contributed by atoms with Crippen molar-refractivity contribution in [2.45, 2.75) is 19.0 Å². The van der Waals surface area contributed by atoms with Crippen molar-refractivity contribution in [2.24, 2.45) is 7.05 Å². The normalized spacial score (nSPS) is 19.6. The van der Waals surface area contributed by atoms with E-state index in [4.69, 9.17) is 4.74 Å². The Morgan fingerprint density at radius 3 is 3.16 bits per heavy atom. The van der Waals surface area contributed by atoms with Gasteiger partial charge in [-0.3, -0.25) is 4.90 Å². The topological polar surface area (TPSA) is 30.3 Å². The molecule has 4 nitrogen and oxygen atoms in total. The molecule has 102 valence electrons. The van der Waals surface area contributed by atoms with Crippen LogP contribution in [0.5, 0.6) is 0 Å². The number of methoxy groups -OCH3 is 1. The fourth-order valence-corrected chi connectivity index (χ4v) is 3.56. The molecule has 2 aromatic rings. The number of aromatic nitrogens is 2. The van der Waals surface area contributed by atoms with E-state index in [1.165, 1.54) is 17.0 Å². The molecule has 0 fully saturated rings. The molecule has 1 aliphatic heterocycles. The first kappa shape index (κ1) is 12.8. The Morgan fingerprint density at radius 2 is 2.42 bits per heavy atom. The summed E-state index contributed by atoms with van der Waals surface area (Å²) in [6.07, 6.45) is 1.92. The number of nitrogens with zero attached hydrogens (tertiary/aromatic N) is 3. The average Bonchev–Trinajstić information content (AvgIpc) is 3.00. The monoisotopic (exact) mass is 277 g/mol. The van der Waals surface area contributed by atoms with Crippen LogP contribution in [0.25, 0.3) is 0 Å². The minimum Gasteiger partial charge on any atom is -0.384 e. The van der Waals surface area contributed by atoms with E-state index in [0.717, 1.165) is 26.2 Å². The summed E-state index contributed by atoms with van der Waals surface area (Å²) in [5.41, 5.74) is 3.93. The van der Waals surface area contributed by atoms with Gasteiger partial charge in [0, 0.05) is 45.4 Å². The molecule has 5 heteroatoms. The van der Waals surface area contributed by atoms with Gasteiger partial charge < -0.3 is 9.30 Å². The third-order valence-electron chi connectivity index (χ3n) is 3.66. The Bertz CT molecular complexity index is 535. The second kappa shape index (κ2) is 5.45. The predicted octanol–water partition coefficient (Wildman–Crippen LogP) is 2.23. The zero-order valence-corrected chi connectivity index (χ0v) is 12.2. The van der Waals surface area contributed by atoms with E-state index in [-0.39, 0.29) is 0 Å². The first-order valence-electron chi connectivity index (χ1n) is 6.50. The molecule has 0 aromatic carbocycles. The molecule has 0 radical (unpaired) electrons. The molecule has 3 rings (SSSR count). The molecule has 0 saturated heterocycles. The first-order valence-corrected chi connectivity index (χ1v) is 7.44. The van der Waals surface area contributed by atoms with E-state index in [0.29, 0.717) is 5.92 Å². The fraction of sp³-hybridized carbons (Fsp3) is 0.500. The van der Waals surface area contributed by atoms with Crippen molar-refractivity contribution in [1.82, 2.24) is 14.5 Å². The minimum atomic E-state index is 0.417. The zero-order chi connectivity index (χ0) is 13.2. The third kappa shape index (κ3) is 2.59. The van der Waals surface area contributed by atoms with Gasteiger partial charge in [-0.25, -0.2) is 4.98 Å². The fourth-order valence-electron chi connectivity index (χ4n) is 2.90. The lowest BCUT2D eigenvalue weighted by Gasteiger charge is -2.32. The number of thiophene rings is 1. The van der Waals surface area contributed by atoms with Crippen LogP contribution in [-0.4, -0.2) is 34.7 Å². The Labute approximate surface area is 117 Å². The largest absolute Gasteiger partial charge is 0.384 e. The molecule has 0 N–H and O–H groups in total. The molecule has 0 spiro atoms. The summed E-state index contributed by atoms with van der Waals surface area (Å²) in [6, 6.07) is 2.20. The van der Waals surface area contributed by atoms with Crippen LogP contribution in [0.2, 0.25) is 0 Å². The van der Waals surface area contributed by atoms with Crippen LogP contribution in [-0.2, 0) is 24.9 Å². The quantitative estimate of drug-likeness (QED) is 0.858. The highest BCUT2D eigenvalue weighted by Crippen LogP contribution is 2.28. The molecule has 1 unspecified atom stereocenters. The van der Waals surface area contributed by atoms with Gasteiger partial charge in [-0.15, -0.1) is 0 Å².